The number of benzene rings is 1. The summed E-state index contributed by atoms with van der Waals surface area (Å²) in [6.45, 7) is 0. The van der Waals surface area contributed by atoms with Crippen LogP contribution in [-0.2, 0) is 0 Å². The van der Waals surface area contributed by atoms with Gasteiger partial charge in [0.05, 0.1) is 23.2 Å². The lowest BCUT2D eigenvalue weighted by Gasteiger charge is -2.01. The van der Waals surface area contributed by atoms with Crippen LogP contribution in [0.15, 0.2) is 81.0 Å². The van der Waals surface area contributed by atoms with Crippen LogP contribution < -0.4 is 4.80 Å². The molecule has 0 spiro atoms. The van der Waals surface area contributed by atoms with E-state index in [0.29, 0.717) is 26.3 Å². The van der Waals surface area contributed by atoms with Gasteiger partial charge in [-0.1, -0.05) is 29.3 Å². The van der Waals surface area contributed by atoms with Crippen molar-refractivity contribution in [3.63, 3.8) is 0 Å². The van der Waals surface area contributed by atoms with Crippen LogP contribution in [0.5, 0.6) is 0 Å². The zero-order valence-corrected chi connectivity index (χ0v) is 16.1. The molecule has 0 radical (unpaired) electrons. The highest BCUT2D eigenvalue weighted by Crippen LogP contribution is 2.28. The lowest BCUT2D eigenvalue weighted by Crippen LogP contribution is -2.11. The Morgan fingerprint density at radius 1 is 1.15 bits per heavy atom. The molecule has 0 bridgehead atoms. The summed E-state index contributed by atoms with van der Waals surface area (Å²) in [5, 5.41) is 7.54. The number of rotatable bonds is 4. The molecule has 0 saturated heterocycles. The number of hydrogen-bond acceptors (Lipinski definition) is 5. The van der Waals surface area contributed by atoms with Crippen LogP contribution in [0.2, 0.25) is 10.0 Å². The van der Waals surface area contributed by atoms with Crippen LogP contribution >= 0.6 is 34.5 Å². The molecular weight excluding hydrogens is 403 g/mol. The van der Waals surface area contributed by atoms with Gasteiger partial charge in [0.25, 0.3) is 0 Å². The van der Waals surface area contributed by atoms with Gasteiger partial charge in [-0.2, -0.15) is 5.10 Å². The Morgan fingerprint density at radius 3 is 2.81 bits per heavy atom. The van der Waals surface area contributed by atoms with Crippen molar-refractivity contribution < 1.29 is 4.42 Å². The van der Waals surface area contributed by atoms with E-state index in [1.807, 2.05) is 29.6 Å². The van der Waals surface area contributed by atoms with Crippen LogP contribution in [0.25, 0.3) is 11.5 Å². The number of pyridine rings is 1. The molecule has 0 atom stereocenters. The van der Waals surface area contributed by atoms with Crippen LogP contribution in [-0.4, -0.2) is 15.9 Å². The van der Waals surface area contributed by atoms with Crippen LogP contribution in [0.1, 0.15) is 5.56 Å². The second-order valence-electron chi connectivity index (χ2n) is 5.43. The van der Waals surface area contributed by atoms with Crippen LogP contribution in [0, 0.1) is 0 Å². The lowest BCUT2D eigenvalue weighted by molar-refractivity contribution is 0.575. The highest BCUT2D eigenvalue weighted by atomic mass is 35.5. The summed E-state index contributed by atoms with van der Waals surface area (Å²) in [4.78, 5) is 9.39. The molecule has 4 aromatic rings. The summed E-state index contributed by atoms with van der Waals surface area (Å²) in [7, 11) is 0. The first kappa shape index (κ1) is 17.7. The predicted octanol–water partition coefficient (Wildman–Crippen LogP) is 5.63. The molecule has 5 nitrogen and oxygen atoms in total. The average Bonchev–Trinajstić information content (AvgIpc) is 3.33. The second kappa shape index (κ2) is 7.92. The zero-order chi connectivity index (χ0) is 18.6. The molecule has 3 aromatic heterocycles. The first-order valence-electron chi connectivity index (χ1n) is 7.89. The number of nitrogens with zero attached hydrogens (tertiary/aromatic N) is 4. The Bertz CT molecular complexity index is 1150. The third-order valence-corrected chi connectivity index (χ3v) is 4.95. The molecule has 4 rings (SSSR count). The van der Waals surface area contributed by atoms with Crippen molar-refractivity contribution in [1.29, 1.82) is 0 Å². The van der Waals surface area contributed by atoms with E-state index in [2.05, 4.69) is 15.1 Å². The predicted molar refractivity (Wildman–Crippen MR) is 109 cm³/mol. The van der Waals surface area contributed by atoms with Crippen molar-refractivity contribution in [1.82, 2.24) is 9.66 Å². The van der Waals surface area contributed by atoms with Crippen molar-refractivity contribution >= 4 is 46.4 Å². The molecular formula is C19H12Cl2N4OS. The maximum absolute atomic E-state index is 6.26. The first-order chi connectivity index (χ1) is 13.2. The van der Waals surface area contributed by atoms with Crippen molar-refractivity contribution in [2.75, 3.05) is 0 Å². The van der Waals surface area contributed by atoms with Crippen molar-refractivity contribution in [3.05, 3.63) is 86.9 Å². The third kappa shape index (κ3) is 4.03. The molecule has 0 aliphatic heterocycles. The molecule has 27 heavy (non-hydrogen) atoms. The van der Waals surface area contributed by atoms with Crippen molar-refractivity contribution in [2.45, 2.75) is 0 Å². The molecule has 0 aliphatic rings. The van der Waals surface area contributed by atoms with E-state index >= 15 is 0 Å². The molecule has 8 heteroatoms. The van der Waals surface area contributed by atoms with Gasteiger partial charge in [0.1, 0.15) is 5.69 Å². The van der Waals surface area contributed by atoms with Gasteiger partial charge in [-0.3, -0.25) is 4.98 Å². The smallest absolute Gasteiger partial charge is 0.211 e. The summed E-state index contributed by atoms with van der Waals surface area (Å²) < 4.78 is 7.24. The van der Waals surface area contributed by atoms with Gasteiger partial charge in [-0.05, 0) is 36.4 Å². The van der Waals surface area contributed by atoms with Gasteiger partial charge in [0, 0.05) is 28.4 Å². The second-order valence-corrected chi connectivity index (χ2v) is 7.11. The Balaban J connectivity index is 1.84. The van der Waals surface area contributed by atoms with Gasteiger partial charge >= 0.3 is 0 Å². The van der Waals surface area contributed by atoms with Gasteiger partial charge in [-0.15, -0.1) is 11.3 Å². The topological polar surface area (TPSA) is 55.7 Å². The molecule has 1 aromatic carbocycles. The van der Waals surface area contributed by atoms with Gasteiger partial charge in [0.2, 0.25) is 4.80 Å². The molecule has 0 fully saturated rings. The van der Waals surface area contributed by atoms with E-state index in [-0.39, 0.29) is 0 Å². The highest BCUT2D eigenvalue weighted by Gasteiger charge is 2.10. The normalized spacial score (nSPS) is 12.1. The summed E-state index contributed by atoms with van der Waals surface area (Å²) in [5.41, 5.74) is 2.27. The molecule has 3 heterocycles. The fourth-order valence-corrected chi connectivity index (χ4v) is 3.62. The molecule has 0 unspecified atom stereocenters. The third-order valence-electron chi connectivity index (χ3n) is 3.59. The summed E-state index contributed by atoms with van der Waals surface area (Å²) >= 11 is 13.7. The monoisotopic (exact) mass is 414 g/mol. The minimum atomic E-state index is 0.471. The minimum Gasteiger partial charge on any atom is -0.463 e. The summed E-state index contributed by atoms with van der Waals surface area (Å²) in [6, 6.07) is 12.6. The Labute approximate surface area is 168 Å². The van der Waals surface area contributed by atoms with E-state index in [9.17, 15) is 0 Å². The molecule has 134 valence electrons. The van der Waals surface area contributed by atoms with E-state index < -0.39 is 0 Å². The van der Waals surface area contributed by atoms with E-state index in [1.165, 1.54) is 11.3 Å². The van der Waals surface area contributed by atoms with E-state index in [4.69, 9.17) is 27.6 Å². The quantitative estimate of drug-likeness (QED) is 0.406. The fraction of sp³-hybridized carbons (Fsp3) is 0. The Morgan fingerprint density at radius 2 is 2.07 bits per heavy atom. The number of hydrogen-bond donors (Lipinski definition) is 0. The number of halogens is 2. The largest absolute Gasteiger partial charge is 0.463 e. The van der Waals surface area contributed by atoms with E-state index in [0.717, 1.165) is 11.3 Å². The highest BCUT2D eigenvalue weighted by molar-refractivity contribution is 7.07. The summed E-state index contributed by atoms with van der Waals surface area (Å²) in [6.07, 6.45) is 6.78. The molecule has 0 saturated carbocycles. The van der Waals surface area contributed by atoms with Gasteiger partial charge in [-0.25, -0.2) is 9.67 Å². The number of aromatic nitrogens is 2. The standard InChI is InChI=1S/C19H12Cl2N4OS/c20-14-5-6-16(15(21)9-14)24-19-25(23-11-13-3-1-7-22-10-13)17(12-27-19)18-4-2-8-26-18/h1-12H/b23-11-,24-19?. The molecule has 0 amide bonds. The maximum Gasteiger partial charge on any atom is 0.211 e. The van der Waals surface area contributed by atoms with Crippen LogP contribution in [0.3, 0.4) is 0 Å². The van der Waals surface area contributed by atoms with Gasteiger partial charge < -0.3 is 4.42 Å². The van der Waals surface area contributed by atoms with Gasteiger partial charge in [0.15, 0.2) is 5.76 Å². The zero-order valence-electron chi connectivity index (χ0n) is 13.8. The number of thiazole rings is 1. The van der Waals surface area contributed by atoms with Crippen molar-refractivity contribution in [3.8, 4) is 11.5 Å². The van der Waals surface area contributed by atoms with E-state index in [1.54, 1.807) is 47.7 Å². The Kier molecular flexibility index (Phi) is 5.20. The number of furan rings is 1. The van der Waals surface area contributed by atoms with Crippen LogP contribution in [0.4, 0.5) is 5.69 Å². The average molecular weight is 415 g/mol. The Hall–Kier alpha value is -2.67. The lowest BCUT2D eigenvalue weighted by atomic mass is 10.3. The fourth-order valence-electron chi connectivity index (χ4n) is 2.34. The SMILES string of the molecule is Clc1ccc(N=c2scc(-c3ccco3)n2/N=C\c2cccnc2)c(Cl)c1. The maximum atomic E-state index is 6.26. The first-order valence-corrected chi connectivity index (χ1v) is 9.53. The molecule has 0 N–H and O–H groups in total. The minimum absolute atomic E-state index is 0.471. The van der Waals surface area contributed by atoms with Crippen molar-refractivity contribution in [2.24, 2.45) is 10.1 Å². The molecule has 0 aliphatic carbocycles. The summed E-state index contributed by atoms with van der Waals surface area (Å²) in [5.74, 6) is 0.693.